The van der Waals surface area contributed by atoms with Gasteiger partial charge in [-0.05, 0) is 48.0 Å². The monoisotopic (exact) mass is 469 g/mol. The summed E-state index contributed by atoms with van der Waals surface area (Å²) in [6.07, 6.45) is 0.841. The van der Waals surface area contributed by atoms with Crippen molar-refractivity contribution in [2.45, 2.75) is 6.42 Å². The molecule has 0 bridgehead atoms. The Morgan fingerprint density at radius 1 is 0.900 bits per heavy atom. The van der Waals surface area contributed by atoms with Crippen molar-refractivity contribution in [1.82, 2.24) is 0 Å². The predicted octanol–water partition coefficient (Wildman–Crippen LogP) is 5.35. The van der Waals surface area contributed by atoms with E-state index in [1.807, 2.05) is 48.5 Å². The molecule has 3 aromatic rings. The minimum atomic E-state index is -0.249. The summed E-state index contributed by atoms with van der Waals surface area (Å²) < 4.78 is 17.3. The van der Waals surface area contributed by atoms with Crippen molar-refractivity contribution in [2.75, 3.05) is 32.2 Å². The second-order valence-corrected chi connectivity index (χ2v) is 7.46. The van der Waals surface area contributed by atoms with Gasteiger partial charge in [-0.25, -0.2) is 0 Å². The van der Waals surface area contributed by atoms with Gasteiger partial charge in [-0.3, -0.25) is 4.79 Å². The van der Waals surface area contributed by atoms with Gasteiger partial charge >= 0.3 is 0 Å². The van der Waals surface area contributed by atoms with Crippen LogP contribution in [0.1, 0.15) is 15.9 Å². The molecule has 1 amide bonds. The molecular formula is C24H24BrNO4. The molecule has 0 aliphatic carbocycles. The Kier molecular flexibility index (Phi) is 8.30. The molecule has 30 heavy (non-hydrogen) atoms. The van der Waals surface area contributed by atoms with Crippen molar-refractivity contribution in [3.05, 3.63) is 88.4 Å². The Bertz CT molecular complexity index is 945. The number of anilines is 1. The lowest BCUT2D eigenvalue weighted by Gasteiger charge is -2.12. The molecule has 6 heteroatoms. The van der Waals surface area contributed by atoms with E-state index < -0.39 is 0 Å². The van der Waals surface area contributed by atoms with E-state index in [1.54, 1.807) is 19.2 Å². The van der Waals surface area contributed by atoms with Crippen LogP contribution in [-0.2, 0) is 11.2 Å². The summed E-state index contributed by atoms with van der Waals surface area (Å²) in [5.74, 6) is 1.02. The van der Waals surface area contributed by atoms with Gasteiger partial charge < -0.3 is 19.5 Å². The molecule has 3 rings (SSSR count). The van der Waals surface area contributed by atoms with Gasteiger partial charge in [0.1, 0.15) is 18.1 Å². The maximum atomic E-state index is 12.8. The quantitative estimate of drug-likeness (QED) is 0.406. The van der Waals surface area contributed by atoms with Crippen LogP contribution in [0.5, 0.6) is 11.5 Å². The molecule has 0 aliphatic rings. The number of nitrogens with one attached hydrogen (secondary N) is 1. The molecule has 5 nitrogen and oxygen atoms in total. The van der Waals surface area contributed by atoms with Crippen molar-refractivity contribution in [1.29, 1.82) is 0 Å². The number of carbonyl (C=O) groups excluding carboxylic acids is 1. The van der Waals surface area contributed by atoms with Crippen LogP contribution in [0.3, 0.4) is 0 Å². The third-order valence-corrected chi connectivity index (χ3v) is 4.84. The lowest BCUT2D eigenvalue weighted by molar-refractivity contribution is 0.101. The molecule has 0 heterocycles. The third-order valence-electron chi connectivity index (χ3n) is 4.35. The van der Waals surface area contributed by atoms with Crippen LogP contribution in [0.2, 0.25) is 0 Å². The van der Waals surface area contributed by atoms with Crippen LogP contribution in [0.4, 0.5) is 5.69 Å². The number of methoxy groups -OCH3 is 1. The predicted molar refractivity (Wildman–Crippen MR) is 122 cm³/mol. The van der Waals surface area contributed by atoms with Crippen LogP contribution in [-0.4, -0.2) is 32.8 Å². The van der Waals surface area contributed by atoms with Crippen LogP contribution in [0.15, 0.2) is 77.3 Å². The summed E-state index contributed by atoms with van der Waals surface area (Å²) in [7, 11) is 1.60. The van der Waals surface area contributed by atoms with Crippen molar-refractivity contribution in [3.63, 3.8) is 0 Å². The van der Waals surface area contributed by atoms with Gasteiger partial charge in [-0.1, -0.05) is 46.3 Å². The highest BCUT2D eigenvalue weighted by Gasteiger charge is 2.14. The van der Waals surface area contributed by atoms with Crippen molar-refractivity contribution < 1.29 is 19.0 Å². The number of hydrogen-bond acceptors (Lipinski definition) is 4. The molecule has 0 aliphatic heterocycles. The minimum Gasteiger partial charge on any atom is -0.493 e. The van der Waals surface area contributed by atoms with Crippen LogP contribution >= 0.6 is 15.9 Å². The summed E-state index contributed by atoms with van der Waals surface area (Å²) in [5.41, 5.74) is 2.36. The number of carbonyl (C=O) groups is 1. The zero-order valence-corrected chi connectivity index (χ0v) is 18.4. The molecule has 0 saturated carbocycles. The highest BCUT2D eigenvalue weighted by molar-refractivity contribution is 9.10. The fraction of sp³-hybridized carbons (Fsp3) is 0.208. The molecule has 0 spiro atoms. The third kappa shape index (κ3) is 6.61. The number of halogens is 1. The first-order valence-electron chi connectivity index (χ1n) is 9.65. The van der Waals surface area contributed by atoms with E-state index in [2.05, 4.69) is 33.4 Å². The standard InChI is InChI=1S/C24H24BrNO4/c1-28-15-16-30-23-12-7-19(25)17-22(23)24(27)26-20-8-10-21(11-9-20)29-14-13-18-5-3-2-4-6-18/h2-12,17H,13-16H2,1H3,(H,26,27). The average molecular weight is 470 g/mol. The normalized spacial score (nSPS) is 10.5. The summed E-state index contributed by atoms with van der Waals surface area (Å²) in [6.45, 7) is 1.41. The number of hydrogen-bond donors (Lipinski definition) is 1. The van der Waals surface area contributed by atoms with Crippen LogP contribution in [0.25, 0.3) is 0 Å². The van der Waals surface area contributed by atoms with E-state index in [9.17, 15) is 4.79 Å². The lowest BCUT2D eigenvalue weighted by Crippen LogP contribution is -2.15. The number of ether oxygens (including phenoxy) is 3. The zero-order valence-electron chi connectivity index (χ0n) is 16.8. The largest absolute Gasteiger partial charge is 0.493 e. The highest BCUT2D eigenvalue weighted by Crippen LogP contribution is 2.25. The van der Waals surface area contributed by atoms with Gasteiger partial charge in [-0.2, -0.15) is 0 Å². The van der Waals surface area contributed by atoms with Gasteiger partial charge in [0.05, 0.1) is 18.8 Å². The molecule has 1 N–H and O–H groups in total. The Morgan fingerprint density at radius 2 is 1.67 bits per heavy atom. The number of benzene rings is 3. The van der Waals surface area contributed by atoms with Gasteiger partial charge in [0.25, 0.3) is 5.91 Å². The Labute approximate surface area is 185 Å². The van der Waals surface area contributed by atoms with E-state index in [-0.39, 0.29) is 5.91 Å². The maximum Gasteiger partial charge on any atom is 0.259 e. The summed E-state index contributed by atoms with van der Waals surface area (Å²) in [5, 5.41) is 2.90. The van der Waals surface area contributed by atoms with E-state index in [1.165, 1.54) is 5.56 Å². The molecule has 0 fully saturated rings. The fourth-order valence-electron chi connectivity index (χ4n) is 2.80. The van der Waals surface area contributed by atoms with Crippen LogP contribution < -0.4 is 14.8 Å². The number of rotatable bonds is 10. The Hall–Kier alpha value is -2.83. The van der Waals surface area contributed by atoms with Gasteiger partial charge in [0.2, 0.25) is 0 Å². The fourth-order valence-corrected chi connectivity index (χ4v) is 3.17. The van der Waals surface area contributed by atoms with E-state index in [0.717, 1.165) is 16.6 Å². The van der Waals surface area contributed by atoms with E-state index in [4.69, 9.17) is 14.2 Å². The maximum absolute atomic E-state index is 12.8. The molecule has 0 atom stereocenters. The molecule has 0 aromatic heterocycles. The van der Waals surface area contributed by atoms with Gasteiger partial charge in [0, 0.05) is 23.7 Å². The Balaban J connectivity index is 1.57. The first-order chi connectivity index (χ1) is 14.7. The Morgan fingerprint density at radius 3 is 2.40 bits per heavy atom. The van der Waals surface area contributed by atoms with E-state index >= 15 is 0 Å². The minimum absolute atomic E-state index is 0.249. The zero-order chi connectivity index (χ0) is 21.2. The molecule has 3 aromatic carbocycles. The van der Waals surface area contributed by atoms with Crippen LogP contribution in [0, 0.1) is 0 Å². The van der Waals surface area contributed by atoms with E-state index in [0.29, 0.717) is 36.8 Å². The van der Waals surface area contributed by atoms with Gasteiger partial charge in [-0.15, -0.1) is 0 Å². The summed E-state index contributed by atoms with van der Waals surface area (Å²) in [4.78, 5) is 12.8. The summed E-state index contributed by atoms with van der Waals surface area (Å²) >= 11 is 3.41. The average Bonchev–Trinajstić information content (AvgIpc) is 2.77. The molecule has 0 radical (unpaired) electrons. The van der Waals surface area contributed by atoms with Crippen molar-refractivity contribution in [3.8, 4) is 11.5 Å². The second kappa shape index (κ2) is 11.4. The van der Waals surface area contributed by atoms with Crippen molar-refractivity contribution in [2.24, 2.45) is 0 Å². The molecule has 156 valence electrons. The summed E-state index contributed by atoms with van der Waals surface area (Å²) in [6, 6.07) is 22.9. The molecule has 0 saturated heterocycles. The van der Waals surface area contributed by atoms with Gasteiger partial charge in [0.15, 0.2) is 0 Å². The topological polar surface area (TPSA) is 56.8 Å². The number of amides is 1. The molecule has 0 unspecified atom stereocenters. The highest BCUT2D eigenvalue weighted by atomic mass is 79.9. The first-order valence-corrected chi connectivity index (χ1v) is 10.4. The lowest BCUT2D eigenvalue weighted by atomic mass is 10.1. The molecular weight excluding hydrogens is 446 g/mol. The van der Waals surface area contributed by atoms with Crippen molar-refractivity contribution >= 4 is 27.5 Å². The first kappa shape index (κ1) is 21.9. The second-order valence-electron chi connectivity index (χ2n) is 6.54. The smallest absolute Gasteiger partial charge is 0.259 e. The SMILES string of the molecule is COCCOc1ccc(Br)cc1C(=O)Nc1ccc(OCCc2ccccc2)cc1.